The highest BCUT2D eigenvalue weighted by Crippen LogP contribution is 2.27. The second-order valence-electron chi connectivity index (χ2n) is 8.19. The number of anilines is 2. The first kappa shape index (κ1) is 24.7. The molecule has 0 fully saturated rings. The van der Waals surface area contributed by atoms with Crippen LogP contribution in [0.3, 0.4) is 0 Å². The lowest BCUT2D eigenvalue weighted by molar-refractivity contribution is -0.142. The predicted molar refractivity (Wildman–Crippen MR) is 137 cm³/mol. The fourth-order valence-electron chi connectivity index (χ4n) is 3.94. The second kappa shape index (κ2) is 11.3. The molecule has 0 amide bonds. The number of hydrogen-bond donors (Lipinski definition) is 2. The van der Waals surface area contributed by atoms with E-state index in [2.05, 4.69) is 16.4 Å². The highest BCUT2D eigenvalue weighted by Gasteiger charge is 2.22. The molecule has 9 heteroatoms. The van der Waals surface area contributed by atoms with E-state index < -0.39 is 6.23 Å². The lowest BCUT2D eigenvalue weighted by atomic mass is 10.1. The molecule has 2 aromatic heterocycles. The Labute approximate surface area is 209 Å². The number of nitrogens with one attached hydrogen (secondary N) is 1. The number of nitriles is 1. The van der Waals surface area contributed by atoms with Crippen molar-refractivity contribution in [3.8, 4) is 6.07 Å². The summed E-state index contributed by atoms with van der Waals surface area (Å²) in [5.74, 6) is 1.05. The number of carbonyl (C=O) groups is 1. The summed E-state index contributed by atoms with van der Waals surface area (Å²) in [7, 11) is 1.95. The molecular weight excluding hydrogens is 456 g/mol. The minimum Gasteiger partial charge on any atom is -0.466 e. The zero-order chi connectivity index (χ0) is 25.5. The van der Waals surface area contributed by atoms with Crippen LogP contribution in [0.1, 0.15) is 36.5 Å². The topological polar surface area (TPSA) is 116 Å². The van der Waals surface area contributed by atoms with Gasteiger partial charge in [-0.15, -0.1) is 0 Å². The number of aryl methyl sites for hydroxylation is 1. The first-order chi connectivity index (χ1) is 17.5. The lowest BCUT2D eigenvalue weighted by Crippen LogP contribution is -2.32. The van der Waals surface area contributed by atoms with Crippen LogP contribution in [0.2, 0.25) is 0 Å². The van der Waals surface area contributed by atoms with Gasteiger partial charge in [0.2, 0.25) is 0 Å². The second-order valence-corrected chi connectivity index (χ2v) is 8.19. The maximum atomic E-state index is 12.0. The molecule has 2 aromatic carbocycles. The molecular formula is C27H28N6O3. The number of aliphatic hydroxyl groups is 1. The Balaban J connectivity index is 1.55. The van der Waals surface area contributed by atoms with E-state index in [0.717, 1.165) is 22.5 Å². The van der Waals surface area contributed by atoms with Crippen LogP contribution in [-0.2, 0) is 23.1 Å². The fourth-order valence-corrected chi connectivity index (χ4v) is 3.94. The van der Waals surface area contributed by atoms with E-state index in [1.54, 1.807) is 42.3 Å². The number of esters is 1. The molecule has 0 aliphatic heterocycles. The maximum Gasteiger partial charge on any atom is 0.307 e. The van der Waals surface area contributed by atoms with Gasteiger partial charge in [-0.1, -0.05) is 12.1 Å². The zero-order valence-electron chi connectivity index (χ0n) is 20.3. The molecule has 2 N–H and O–H groups in total. The maximum absolute atomic E-state index is 12.0. The van der Waals surface area contributed by atoms with Gasteiger partial charge in [0.25, 0.3) is 0 Å². The normalized spacial score (nSPS) is 11.6. The van der Waals surface area contributed by atoms with Gasteiger partial charge in [-0.2, -0.15) is 5.26 Å². The third-order valence-corrected chi connectivity index (χ3v) is 5.86. The van der Waals surface area contributed by atoms with Crippen LogP contribution in [0.4, 0.5) is 11.5 Å². The van der Waals surface area contributed by atoms with Crippen molar-refractivity contribution in [2.24, 2.45) is 7.05 Å². The Morgan fingerprint density at radius 2 is 2.03 bits per heavy atom. The first-order valence-electron chi connectivity index (χ1n) is 11.7. The molecule has 9 nitrogen and oxygen atoms in total. The van der Waals surface area contributed by atoms with Gasteiger partial charge in [0.1, 0.15) is 11.6 Å². The van der Waals surface area contributed by atoms with Crippen LogP contribution in [-0.4, -0.2) is 38.8 Å². The van der Waals surface area contributed by atoms with Crippen molar-refractivity contribution in [2.45, 2.75) is 26.1 Å². The molecule has 0 spiro atoms. The molecule has 36 heavy (non-hydrogen) atoms. The molecule has 184 valence electrons. The number of aliphatic hydroxyl groups excluding tert-OH is 1. The van der Waals surface area contributed by atoms with Gasteiger partial charge in [-0.05, 0) is 55.5 Å². The third kappa shape index (κ3) is 5.62. The molecule has 0 aliphatic carbocycles. The van der Waals surface area contributed by atoms with Crippen LogP contribution >= 0.6 is 0 Å². The Morgan fingerprint density at radius 3 is 2.72 bits per heavy atom. The van der Waals surface area contributed by atoms with E-state index in [1.165, 1.54) is 0 Å². The van der Waals surface area contributed by atoms with E-state index >= 15 is 0 Å². The summed E-state index contributed by atoms with van der Waals surface area (Å²) < 4.78 is 7.05. The Morgan fingerprint density at radius 1 is 1.22 bits per heavy atom. The van der Waals surface area contributed by atoms with Crippen molar-refractivity contribution in [3.63, 3.8) is 0 Å². The quantitative estimate of drug-likeness (QED) is 0.257. The summed E-state index contributed by atoms with van der Waals surface area (Å²) in [6, 6.07) is 20.4. The number of rotatable bonds is 10. The highest BCUT2D eigenvalue weighted by atomic mass is 16.5. The Kier molecular flexibility index (Phi) is 7.78. The summed E-state index contributed by atoms with van der Waals surface area (Å²) in [4.78, 5) is 22.8. The van der Waals surface area contributed by atoms with E-state index in [9.17, 15) is 9.90 Å². The number of imidazole rings is 1. The van der Waals surface area contributed by atoms with Crippen molar-refractivity contribution in [2.75, 3.05) is 23.4 Å². The minimum absolute atomic E-state index is 0.123. The average molecular weight is 485 g/mol. The summed E-state index contributed by atoms with van der Waals surface area (Å²) in [5, 5.41) is 23.6. The molecule has 1 atom stereocenters. The number of pyridine rings is 1. The fraction of sp³-hybridized carbons (Fsp3) is 0.259. The van der Waals surface area contributed by atoms with E-state index in [4.69, 9.17) is 15.0 Å². The van der Waals surface area contributed by atoms with Crippen molar-refractivity contribution in [3.05, 3.63) is 83.8 Å². The summed E-state index contributed by atoms with van der Waals surface area (Å²) in [6.45, 7) is 2.81. The highest BCUT2D eigenvalue weighted by molar-refractivity contribution is 5.77. The summed E-state index contributed by atoms with van der Waals surface area (Å²) >= 11 is 0. The van der Waals surface area contributed by atoms with Crippen molar-refractivity contribution >= 4 is 28.5 Å². The number of hydrogen-bond acceptors (Lipinski definition) is 8. The number of benzene rings is 2. The van der Waals surface area contributed by atoms with Crippen molar-refractivity contribution < 1.29 is 14.6 Å². The molecule has 0 saturated carbocycles. The van der Waals surface area contributed by atoms with Gasteiger partial charge in [0.05, 0.1) is 42.2 Å². The monoisotopic (exact) mass is 484 g/mol. The van der Waals surface area contributed by atoms with Gasteiger partial charge in [0.15, 0.2) is 6.23 Å². The van der Waals surface area contributed by atoms with Gasteiger partial charge in [0, 0.05) is 31.0 Å². The Hall–Kier alpha value is -4.42. The van der Waals surface area contributed by atoms with Gasteiger partial charge >= 0.3 is 5.97 Å². The number of ether oxygens (including phenoxy) is 1. The molecule has 4 aromatic rings. The molecule has 0 aliphatic rings. The number of carbonyl (C=O) groups excluding carboxylic acids is 1. The van der Waals surface area contributed by atoms with E-state index in [1.807, 2.05) is 48.0 Å². The third-order valence-electron chi connectivity index (χ3n) is 5.86. The number of aromatic nitrogens is 3. The Bertz CT molecular complexity index is 1360. The lowest BCUT2D eigenvalue weighted by Gasteiger charge is -2.29. The van der Waals surface area contributed by atoms with E-state index in [0.29, 0.717) is 30.1 Å². The minimum atomic E-state index is -1.03. The van der Waals surface area contributed by atoms with Crippen LogP contribution in [0.15, 0.2) is 66.9 Å². The summed E-state index contributed by atoms with van der Waals surface area (Å²) in [5.41, 5.74) is 3.82. The van der Waals surface area contributed by atoms with Crippen molar-refractivity contribution in [1.82, 2.24) is 14.5 Å². The smallest absolute Gasteiger partial charge is 0.307 e. The van der Waals surface area contributed by atoms with Crippen molar-refractivity contribution in [1.29, 1.82) is 5.26 Å². The number of fused-ring (bicyclic) bond motifs is 1. The molecule has 4 rings (SSSR count). The standard InChI is InChI=1S/C27H28N6O3/c1-3-36-26(34)13-15-33(24-6-4-5-14-29-24)27(35)20-9-12-23-22(16-20)31-25(32(23)2)18-30-21-10-7-19(17-28)8-11-21/h4-12,14,16,27,30,35H,3,13,15,18H2,1-2H3. The van der Waals surface area contributed by atoms with Gasteiger partial charge in [-0.3, -0.25) is 4.79 Å². The molecule has 2 heterocycles. The zero-order valence-corrected chi connectivity index (χ0v) is 20.3. The van der Waals surface area contributed by atoms with E-state index in [-0.39, 0.29) is 18.9 Å². The van der Waals surface area contributed by atoms with Crippen LogP contribution in [0, 0.1) is 11.3 Å². The van der Waals surface area contributed by atoms with Crippen LogP contribution in [0.5, 0.6) is 0 Å². The SMILES string of the molecule is CCOC(=O)CCN(c1ccccn1)C(O)c1ccc2c(c1)nc(CNc1ccc(C#N)cc1)n2C. The predicted octanol–water partition coefficient (Wildman–Crippen LogP) is 3.90. The molecule has 0 radical (unpaired) electrons. The van der Waals surface area contributed by atoms with Crippen LogP contribution < -0.4 is 10.2 Å². The molecule has 0 bridgehead atoms. The van der Waals surface area contributed by atoms with Crippen LogP contribution in [0.25, 0.3) is 11.0 Å². The average Bonchev–Trinajstić information content (AvgIpc) is 3.23. The molecule has 1 unspecified atom stereocenters. The molecule has 0 saturated heterocycles. The number of nitrogens with zero attached hydrogens (tertiary/aromatic N) is 5. The van der Waals surface area contributed by atoms with Gasteiger partial charge in [-0.25, -0.2) is 9.97 Å². The van der Waals surface area contributed by atoms with Gasteiger partial charge < -0.3 is 24.6 Å². The largest absolute Gasteiger partial charge is 0.466 e. The summed E-state index contributed by atoms with van der Waals surface area (Å²) in [6.07, 6.45) is 0.744. The first-order valence-corrected chi connectivity index (χ1v) is 11.7.